The van der Waals surface area contributed by atoms with Gasteiger partial charge in [0.1, 0.15) is 30.3 Å². The fraction of sp³-hybridized carbons (Fsp3) is 0.0588. The highest BCUT2D eigenvalue weighted by atomic mass is 16.7. The molecule has 2 aromatic carbocycles. The number of benzene rings is 2. The summed E-state index contributed by atoms with van der Waals surface area (Å²) in [6.07, 6.45) is 4.86. The first-order chi connectivity index (χ1) is 11.4. The Morgan fingerprint density at radius 3 is 2.52 bits per heavy atom. The Morgan fingerprint density at radius 1 is 1.00 bits per heavy atom. The standard InChI is InChI=1S/C17H14N4O2/c1-2-4-14(5-3-1)22-15-8-6-13(7-9-15)16-10-17(20-23-16)21-12-18-11-19-21/h1-12,16,20H. The van der Waals surface area contributed by atoms with Gasteiger partial charge in [-0.25, -0.2) is 15.1 Å². The van der Waals surface area contributed by atoms with Crippen LogP contribution in [-0.2, 0) is 4.84 Å². The van der Waals surface area contributed by atoms with E-state index in [0.717, 1.165) is 22.9 Å². The second kappa shape index (κ2) is 5.94. The third-order valence-electron chi connectivity index (χ3n) is 3.45. The number of rotatable bonds is 4. The lowest BCUT2D eigenvalue weighted by molar-refractivity contribution is 0.0486. The van der Waals surface area contributed by atoms with Gasteiger partial charge in [0, 0.05) is 0 Å². The summed E-state index contributed by atoms with van der Waals surface area (Å²) in [5.41, 5.74) is 3.87. The van der Waals surface area contributed by atoms with Crippen LogP contribution in [0.15, 0.2) is 73.3 Å². The molecule has 3 aromatic rings. The summed E-state index contributed by atoms with van der Waals surface area (Å²) in [6, 6.07) is 17.5. The number of hydrogen-bond donors (Lipinski definition) is 1. The smallest absolute Gasteiger partial charge is 0.152 e. The van der Waals surface area contributed by atoms with Crippen molar-refractivity contribution in [2.24, 2.45) is 0 Å². The van der Waals surface area contributed by atoms with Crippen molar-refractivity contribution in [1.82, 2.24) is 20.2 Å². The van der Waals surface area contributed by atoms with E-state index >= 15 is 0 Å². The molecule has 1 atom stereocenters. The molecule has 0 aliphatic carbocycles. The Balaban J connectivity index is 1.48. The Bertz CT molecular complexity index is 798. The van der Waals surface area contributed by atoms with E-state index < -0.39 is 0 Å². The number of para-hydroxylation sites is 1. The molecule has 1 aliphatic heterocycles. The van der Waals surface area contributed by atoms with Crippen LogP contribution in [0.2, 0.25) is 0 Å². The predicted octanol–water partition coefficient (Wildman–Crippen LogP) is 3.14. The van der Waals surface area contributed by atoms with Gasteiger partial charge in [0.2, 0.25) is 0 Å². The van der Waals surface area contributed by atoms with Crippen molar-refractivity contribution in [3.05, 3.63) is 78.9 Å². The van der Waals surface area contributed by atoms with Gasteiger partial charge in [0.05, 0.1) is 0 Å². The van der Waals surface area contributed by atoms with Crippen LogP contribution in [0.5, 0.6) is 11.5 Å². The molecule has 114 valence electrons. The third-order valence-corrected chi connectivity index (χ3v) is 3.45. The van der Waals surface area contributed by atoms with Gasteiger partial charge >= 0.3 is 0 Å². The maximum Gasteiger partial charge on any atom is 0.152 e. The van der Waals surface area contributed by atoms with Crippen LogP contribution in [0.3, 0.4) is 0 Å². The summed E-state index contributed by atoms with van der Waals surface area (Å²) >= 11 is 0. The van der Waals surface area contributed by atoms with Crippen LogP contribution in [0.25, 0.3) is 5.82 Å². The SMILES string of the molecule is C1=C(n2cncn2)NOC1c1ccc(Oc2ccccc2)cc1. The highest BCUT2D eigenvalue weighted by Gasteiger charge is 2.19. The van der Waals surface area contributed by atoms with Crippen LogP contribution in [0.4, 0.5) is 0 Å². The Morgan fingerprint density at radius 2 is 1.78 bits per heavy atom. The molecule has 0 radical (unpaired) electrons. The van der Waals surface area contributed by atoms with E-state index in [1.807, 2.05) is 60.7 Å². The van der Waals surface area contributed by atoms with Crippen molar-refractivity contribution in [2.45, 2.75) is 6.10 Å². The van der Waals surface area contributed by atoms with Gasteiger partial charge in [-0.05, 0) is 35.9 Å². The van der Waals surface area contributed by atoms with Gasteiger partial charge in [0.25, 0.3) is 0 Å². The molecule has 23 heavy (non-hydrogen) atoms. The van der Waals surface area contributed by atoms with E-state index in [0.29, 0.717) is 0 Å². The molecule has 0 fully saturated rings. The summed E-state index contributed by atoms with van der Waals surface area (Å²) in [5.74, 6) is 2.34. The van der Waals surface area contributed by atoms with Crippen LogP contribution >= 0.6 is 0 Å². The van der Waals surface area contributed by atoms with E-state index in [-0.39, 0.29) is 6.10 Å². The van der Waals surface area contributed by atoms with E-state index in [1.165, 1.54) is 6.33 Å². The molecule has 1 aliphatic rings. The summed E-state index contributed by atoms with van der Waals surface area (Å²) in [6.45, 7) is 0. The topological polar surface area (TPSA) is 61.2 Å². The van der Waals surface area contributed by atoms with E-state index in [1.54, 1.807) is 11.0 Å². The zero-order valence-electron chi connectivity index (χ0n) is 12.2. The minimum atomic E-state index is -0.181. The molecule has 4 rings (SSSR count). The highest BCUT2D eigenvalue weighted by Crippen LogP contribution is 2.28. The summed E-state index contributed by atoms with van der Waals surface area (Å²) in [5, 5.41) is 4.06. The molecule has 0 saturated heterocycles. The van der Waals surface area contributed by atoms with Crippen LogP contribution in [0.1, 0.15) is 11.7 Å². The number of nitrogens with one attached hydrogen (secondary N) is 1. The van der Waals surface area contributed by atoms with Crippen molar-refractivity contribution in [2.75, 3.05) is 0 Å². The molecule has 2 heterocycles. The second-order valence-electron chi connectivity index (χ2n) is 5.02. The number of ether oxygens (including phenoxy) is 1. The first kappa shape index (κ1) is 13.5. The monoisotopic (exact) mass is 306 g/mol. The van der Waals surface area contributed by atoms with Gasteiger partial charge in [-0.1, -0.05) is 30.3 Å². The molecular formula is C17H14N4O2. The Labute approximate surface area is 133 Å². The molecule has 0 spiro atoms. The minimum absolute atomic E-state index is 0.181. The molecule has 0 bridgehead atoms. The Hall–Kier alpha value is -3.12. The maximum absolute atomic E-state index is 5.78. The van der Waals surface area contributed by atoms with Gasteiger partial charge in [0.15, 0.2) is 5.82 Å². The van der Waals surface area contributed by atoms with Crippen molar-refractivity contribution in [1.29, 1.82) is 0 Å². The van der Waals surface area contributed by atoms with Crippen LogP contribution in [0, 0.1) is 0 Å². The van der Waals surface area contributed by atoms with E-state index in [4.69, 9.17) is 9.57 Å². The van der Waals surface area contributed by atoms with Gasteiger partial charge in [-0.2, -0.15) is 5.10 Å². The first-order valence-corrected chi connectivity index (χ1v) is 7.20. The lowest BCUT2D eigenvalue weighted by atomic mass is 10.1. The third kappa shape index (κ3) is 2.93. The van der Waals surface area contributed by atoms with Crippen molar-refractivity contribution >= 4 is 5.82 Å². The van der Waals surface area contributed by atoms with Crippen LogP contribution < -0.4 is 10.2 Å². The summed E-state index contributed by atoms with van der Waals surface area (Å²) < 4.78 is 7.40. The Kier molecular flexibility index (Phi) is 3.50. The van der Waals surface area contributed by atoms with Gasteiger partial charge < -0.3 is 4.74 Å². The lowest BCUT2D eigenvalue weighted by Gasteiger charge is -2.09. The fourth-order valence-corrected chi connectivity index (χ4v) is 2.31. The van der Waals surface area contributed by atoms with Gasteiger partial charge in [-0.15, -0.1) is 0 Å². The number of hydrogen-bond acceptors (Lipinski definition) is 5. The van der Waals surface area contributed by atoms with E-state index in [2.05, 4.69) is 15.6 Å². The number of nitrogens with zero attached hydrogens (tertiary/aromatic N) is 3. The predicted molar refractivity (Wildman–Crippen MR) is 84.2 cm³/mol. The second-order valence-corrected chi connectivity index (χ2v) is 5.02. The molecule has 1 aromatic heterocycles. The van der Waals surface area contributed by atoms with Crippen molar-refractivity contribution in [3.8, 4) is 11.5 Å². The number of aromatic nitrogens is 3. The molecule has 0 saturated carbocycles. The molecule has 1 unspecified atom stereocenters. The molecular weight excluding hydrogens is 292 g/mol. The number of hydroxylamine groups is 1. The summed E-state index contributed by atoms with van der Waals surface area (Å²) in [4.78, 5) is 9.48. The van der Waals surface area contributed by atoms with Crippen LogP contribution in [-0.4, -0.2) is 14.8 Å². The maximum atomic E-state index is 5.78. The fourth-order valence-electron chi connectivity index (χ4n) is 2.31. The first-order valence-electron chi connectivity index (χ1n) is 7.20. The lowest BCUT2D eigenvalue weighted by Crippen LogP contribution is -2.12. The minimum Gasteiger partial charge on any atom is -0.457 e. The quantitative estimate of drug-likeness (QED) is 0.802. The molecule has 0 amide bonds. The normalized spacial score (nSPS) is 16.7. The zero-order chi connectivity index (χ0) is 15.5. The molecule has 1 N–H and O–H groups in total. The average Bonchev–Trinajstić information content (AvgIpc) is 3.28. The average molecular weight is 306 g/mol. The molecule has 6 nitrogen and oxygen atoms in total. The molecule has 6 heteroatoms. The summed E-state index contributed by atoms with van der Waals surface area (Å²) in [7, 11) is 0. The largest absolute Gasteiger partial charge is 0.457 e. The zero-order valence-corrected chi connectivity index (χ0v) is 12.2. The van der Waals surface area contributed by atoms with Crippen molar-refractivity contribution in [3.63, 3.8) is 0 Å². The van der Waals surface area contributed by atoms with E-state index in [9.17, 15) is 0 Å². The highest BCUT2D eigenvalue weighted by molar-refractivity contribution is 5.45. The van der Waals surface area contributed by atoms with Gasteiger partial charge in [-0.3, -0.25) is 4.84 Å². The van der Waals surface area contributed by atoms with Crippen molar-refractivity contribution < 1.29 is 9.57 Å².